The Balaban J connectivity index is 0.00000341. The Morgan fingerprint density at radius 2 is 2.00 bits per heavy atom. The van der Waals surface area contributed by atoms with Crippen LogP contribution in [-0.2, 0) is 11.3 Å². The van der Waals surface area contributed by atoms with E-state index in [-0.39, 0.29) is 24.0 Å². The molecule has 8 heteroatoms. The van der Waals surface area contributed by atoms with Gasteiger partial charge in [-0.1, -0.05) is 18.2 Å². The number of nitrogens with one attached hydrogen (secondary N) is 2. The summed E-state index contributed by atoms with van der Waals surface area (Å²) in [4.78, 5) is 8.40. The Morgan fingerprint density at radius 1 is 1.16 bits per heavy atom. The first-order valence-corrected chi connectivity index (χ1v) is 11.6. The van der Waals surface area contributed by atoms with Gasteiger partial charge < -0.3 is 20.1 Å². The molecule has 6 nitrogen and oxygen atoms in total. The zero-order valence-electron chi connectivity index (χ0n) is 18.5. The number of hydrogen-bond acceptors (Lipinski definition) is 5. The van der Waals surface area contributed by atoms with Crippen LogP contribution in [0.5, 0.6) is 5.75 Å². The molecule has 2 aromatic rings. The average Bonchev–Trinajstić information content (AvgIpc) is 3.49. The zero-order valence-corrected chi connectivity index (χ0v) is 21.7. The van der Waals surface area contributed by atoms with Crippen LogP contribution in [0.4, 0.5) is 0 Å². The molecule has 1 atom stereocenters. The van der Waals surface area contributed by atoms with Crippen molar-refractivity contribution in [2.24, 2.45) is 4.99 Å². The molecule has 0 bridgehead atoms. The second-order valence-corrected chi connectivity index (χ2v) is 8.40. The summed E-state index contributed by atoms with van der Waals surface area (Å²) in [5.74, 6) is 1.71. The molecular weight excluding hydrogens is 523 g/mol. The third-order valence-corrected chi connectivity index (χ3v) is 6.23. The van der Waals surface area contributed by atoms with Crippen LogP contribution in [0.3, 0.4) is 0 Å². The van der Waals surface area contributed by atoms with E-state index in [9.17, 15) is 0 Å². The maximum Gasteiger partial charge on any atom is 0.191 e. The molecule has 1 aromatic heterocycles. The van der Waals surface area contributed by atoms with E-state index in [2.05, 4.69) is 50.2 Å². The molecule has 0 spiro atoms. The van der Waals surface area contributed by atoms with E-state index in [0.29, 0.717) is 25.8 Å². The standard InChI is InChI=1S/C23H34N4O2S.HI/c1-24-23(25-17-19-8-5-9-20(16-19)29-14-7-13-28-2)26-18-21(22-10-6-15-30-22)27-11-3-4-12-27;/h5-6,8-10,15-16,21H,3-4,7,11-14,17-18H2,1-2H3,(H2,24,25,26);1H. The molecule has 2 N–H and O–H groups in total. The quantitative estimate of drug-likeness (QED) is 0.187. The molecule has 1 aliphatic rings. The van der Waals surface area contributed by atoms with Crippen molar-refractivity contribution in [3.63, 3.8) is 0 Å². The molecule has 1 aromatic carbocycles. The monoisotopic (exact) mass is 558 g/mol. The number of rotatable bonds is 11. The average molecular weight is 559 g/mol. The van der Waals surface area contributed by atoms with Crippen LogP contribution in [0.1, 0.15) is 35.7 Å². The van der Waals surface area contributed by atoms with Gasteiger partial charge in [-0.3, -0.25) is 9.89 Å². The Kier molecular flexibility index (Phi) is 12.2. The van der Waals surface area contributed by atoms with Crippen molar-refractivity contribution in [2.45, 2.75) is 31.8 Å². The maximum atomic E-state index is 5.80. The second kappa shape index (κ2) is 14.7. The van der Waals surface area contributed by atoms with E-state index in [4.69, 9.17) is 9.47 Å². The third kappa shape index (κ3) is 8.59. The lowest BCUT2D eigenvalue weighted by molar-refractivity contribution is 0.172. The van der Waals surface area contributed by atoms with Crippen molar-refractivity contribution in [1.82, 2.24) is 15.5 Å². The van der Waals surface area contributed by atoms with Crippen molar-refractivity contribution in [3.05, 3.63) is 52.2 Å². The van der Waals surface area contributed by atoms with E-state index < -0.39 is 0 Å². The van der Waals surface area contributed by atoms with E-state index in [1.165, 1.54) is 30.8 Å². The Bertz CT molecular complexity index is 767. The predicted molar refractivity (Wildman–Crippen MR) is 140 cm³/mol. The lowest BCUT2D eigenvalue weighted by Gasteiger charge is -2.27. The number of ether oxygens (including phenoxy) is 2. The van der Waals surface area contributed by atoms with Crippen molar-refractivity contribution < 1.29 is 9.47 Å². The number of methoxy groups -OCH3 is 1. The molecule has 0 saturated carbocycles. The summed E-state index contributed by atoms with van der Waals surface area (Å²) in [7, 11) is 3.53. The van der Waals surface area contributed by atoms with Gasteiger partial charge in [0.05, 0.1) is 12.6 Å². The molecule has 1 fully saturated rings. The minimum atomic E-state index is 0. The zero-order chi connectivity index (χ0) is 21.0. The first-order valence-electron chi connectivity index (χ1n) is 10.7. The molecule has 2 heterocycles. The fourth-order valence-electron chi connectivity index (χ4n) is 3.68. The van der Waals surface area contributed by atoms with Gasteiger partial charge in [0.2, 0.25) is 0 Å². The lowest BCUT2D eigenvalue weighted by atomic mass is 10.2. The summed E-state index contributed by atoms with van der Waals surface area (Å²) in [6, 6.07) is 13.0. The Hall–Kier alpha value is -1.36. The van der Waals surface area contributed by atoms with Crippen LogP contribution in [0.15, 0.2) is 46.8 Å². The van der Waals surface area contributed by atoms with Crippen molar-refractivity contribution in [1.29, 1.82) is 0 Å². The second-order valence-electron chi connectivity index (χ2n) is 7.42. The topological polar surface area (TPSA) is 58.1 Å². The highest BCUT2D eigenvalue weighted by Gasteiger charge is 2.24. The largest absolute Gasteiger partial charge is 0.493 e. The predicted octanol–water partition coefficient (Wildman–Crippen LogP) is 4.28. The number of thiophene rings is 1. The van der Waals surface area contributed by atoms with Crippen LogP contribution in [-0.4, -0.2) is 57.9 Å². The SMILES string of the molecule is CN=C(NCc1cccc(OCCCOC)c1)NCC(c1cccs1)N1CCCC1.I. The van der Waals surface area contributed by atoms with Crippen LogP contribution in [0, 0.1) is 0 Å². The highest BCUT2D eigenvalue weighted by Crippen LogP contribution is 2.27. The number of likely N-dealkylation sites (tertiary alicyclic amines) is 1. The van der Waals surface area contributed by atoms with Crippen LogP contribution < -0.4 is 15.4 Å². The molecular formula is C23H35IN4O2S. The summed E-state index contributed by atoms with van der Waals surface area (Å²) in [5, 5.41) is 9.12. The fourth-order valence-corrected chi connectivity index (χ4v) is 4.54. The molecule has 0 aliphatic carbocycles. The Morgan fingerprint density at radius 3 is 2.71 bits per heavy atom. The van der Waals surface area contributed by atoms with Crippen molar-refractivity contribution in [3.8, 4) is 5.75 Å². The van der Waals surface area contributed by atoms with E-state index in [0.717, 1.165) is 30.2 Å². The normalized spacial score (nSPS) is 15.4. The smallest absolute Gasteiger partial charge is 0.191 e. The van der Waals surface area contributed by atoms with Gasteiger partial charge in [0.1, 0.15) is 5.75 Å². The number of hydrogen-bond donors (Lipinski definition) is 2. The molecule has 1 unspecified atom stereocenters. The summed E-state index contributed by atoms with van der Waals surface area (Å²) in [5.41, 5.74) is 1.16. The number of guanidine groups is 1. The van der Waals surface area contributed by atoms with Gasteiger partial charge in [0, 0.05) is 45.2 Å². The molecule has 3 rings (SSSR count). The van der Waals surface area contributed by atoms with Crippen LogP contribution in [0.2, 0.25) is 0 Å². The summed E-state index contributed by atoms with van der Waals surface area (Å²) < 4.78 is 10.9. The number of halogens is 1. The van der Waals surface area contributed by atoms with Crippen molar-refractivity contribution >= 4 is 41.3 Å². The maximum absolute atomic E-state index is 5.80. The summed E-state index contributed by atoms with van der Waals surface area (Å²) >= 11 is 1.83. The van der Waals surface area contributed by atoms with Gasteiger partial charge in [0.25, 0.3) is 0 Å². The van der Waals surface area contributed by atoms with Gasteiger partial charge in [0.15, 0.2) is 5.96 Å². The van der Waals surface area contributed by atoms with E-state index in [1.807, 2.05) is 30.5 Å². The van der Waals surface area contributed by atoms with Gasteiger partial charge in [-0.05, 0) is 55.1 Å². The van der Waals surface area contributed by atoms with Crippen molar-refractivity contribution in [2.75, 3.05) is 47.0 Å². The minimum Gasteiger partial charge on any atom is -0.493 e. The number of benzene rings is 1. The summed E-state index contributed by atoms with van der Waals surface area (Å²) in [6.45, 7) is 5.27. The molecule has 172 valence electrons. The fraction of sp³-hybridized carbons (Fsp3) is 0.522. The van der Waals surface area contributed by atoms with Gasteiger partial charge >= 0.3 is 0 Å². The summed E-state index contributed by atoms with van der Waals surface area (Å²) in [6.07, 6.45) is 3.47. The molecule has 0 radical (unpaired) electrons. The highest BCUT2D eigenvalue weighted by atomic mass is 127. The van der Waals surface area contributed by atoms with Gasteiger partial charge in [-0.2, -0.15) is 0 Å². The molecule has 1 aliphatic heterocycles. The first kappa shape index (κ1) is 25.9. The van der Waals surface area contributed by atoms with Crippen LogP contribution in [0.25, 0.3) is 0 Å². The minimum absolute atomic E-state index is 0. The molecule has 1 saturated heterocycles. The van der Waals surface area contributed by atoms with E-state index >= 15 is 0 Å². The first-order chi connectivity index (χ1) is 14.8. The number of nitrogens with zero attached hydrogens (tertiary/aromatic N) is 2. The van der Waals surface area contributed by atoms with Crippen LogP contribution >= 0.6 is 35.3 Å². The Labute approximate surface area is 207 Å². The molecule has 0 amide bonds. The lowest BCUT2D eigenvalue weighted by Crippen LogP contribution is -2.42. The third-order valence-electron chi connectivity index (χ3n) is 5.26. The van der Waals surface area contributed by atoms with Gasteiger partial charge in [-0.25, -0.2) is 0 Å². The van der Waals surface area contributed by atoms with E-state index in [1.54, 1.807) is 7.11 Å². The van der Waals surface area contributed by atoms with Gasteiger partial charge in [-0.15, -0.1) is 35.3 Å². The number of aliphatic imine (C=N–C) groups is 1. The molecule has 31 heavy (non-hydrogen) atoms. The highest BCUT2D eigenvalue weighted by molar-refractivity contribution is 14.0.